The van der Waals surface area contributed by atoms with Gasteiger partial charge in [-0.3, -0.25) is 9.78 Å². The highest BCUT2D eigenvalue weighted by molar-refractivity contribution is 7.09. The molecule has 2 rings (SSSR count). The van der Waals surface area contributed by atoms with E-state index in [2.05, 4.69) is 15.6 Å². The number of carbonyl (C=O) groups excluding carboxylic acids is 1. The second-order valence-electron chi connectivity index (χ2n) is 4.37. The molecule has 0 aliphatic heterocycles. The van der Waals surface area contributed by atoms with Crippen LogP contribution in [-0.4, -0.2) is 10.9 Å². The Labute approximate surface area is 127 Å². The number of nitrogens with zero attached hydrogens (tertiary/aromatic N) is 1. The second kappa shape index (κ2) is 6.72. The third-order valence-corrected chi connectivity index (χ3v) is 4.11. The molecule has 0 fully saturated rings. The van der Waals surface area contributed by atoms with Crippen LogP contribution in [0.4, 0.5) is 11.4 Å². The van der Waals surface area contributed by atoms with Crippen molar-refractivity contribution in [2.24, 2.45) is 0 Å². The number of anilines is 2. The zero-order valence-corrected chi connectivity index (χ0v) is 12.9. The summed E-state index contributed by atoms with van der Waals surface area (Å²) in [4.78, 5) is 16.6. The molecule has 0 saturated carbocycles. The zero-order chi connectivity index (χ0) is 14.5. The average Bonchev–Trinajstić information content (AvgIpc) is 2.96. The Bertz CT molecular complexity index is 586. The van der Waals surface area contributed by atoms with Crippen LogP contribution in [0.3, 0.4) is 0 Å². The summed E-state index contributed by atoms with van der Waals surface area (Å²) in [6, 6.07) is 5.51. The van der Waals surface area contributed by atoms with E-state index in [-0.39, 0.29) is 11.9 Å². The third-order valence-electron chi connectivity index (χ3n) is 2.82. The van der Waals surface area contributed by atoms with Crippen molar-refractivity contribution in [3.05, 3.63) is 39.8 Å². The Morgan fingerprint density at radius 1 is 1.50 bits per heavy atom. The van der Waals surface area contributed by atoms with E-state index in [1.165, 1.54) is 0 Å². The van der Waals surface area contributed by atoms with Gasteiger partial charge in [-0.15, -0.1) is 11.3 Å². The fourth-order valence-electron chi connectivity index (χ4n) is 1.71. The number of rotatable bonds is 5. The van der Waals surface area contributed by atoms with E-state index < -0.39 is 0 Å². The van der Waals surface area contributed by atoms with Gasteiger partial charge in [0.15, 0.2) is 0 Å². The van der Waals surface area contributed by atoms with Crippen LogP contribution in [0.2, 0.25) is 5.02 Å². The minimum absolute atomic E-state index is 0.0197. The van der Waals surface area contributed by atoms with Crippen LogP contribution in [0.1, 0.15) is 31.2 Å². The van der Waals surface area contributed by atoms with E-state index in [0.717, 1.165) is 16.3 Å². The smallest absolute Gasteiger partial charge is 0.224 e. The molecule has 1 aromatic carbocycles. The Morgan fingerprint density at radius 2 is 2.30 bits per heavy atom. The van der Waals surface area contributed by atoms with E-state index in [1.54, 1.807) is 29.0 Å². The largest absolute Gasteiger partial charge is 0.376 e. The van der Waals surface area contributed by atoms with Crippen molar-refractivity contribution in [3.8, 4) is 0 Å². The van der Waals surface area contributed by atoms with Crippen LogP contribution in [0, 0.1) is 0 Å². The summed E-state index contributed by atoms with van der Waals surface area (Å²) in [5, 5.41) is 6.77. The summed E-state index contributed by atoms with van der Waals surface area (Å²) in [7, 11) is 0. The van der Waals surface area contributed by atoms with Crippen LogP contribution in [0.25, 0.3) is 0 Å². The maximum atomic E-state index is 11.4. The lowest BCUT2D eigenvalue weighted by molar-refractivity contribution is -0.115. The molecule has 1 atom stereocenters. The monoisotopic (exact) mass is 309 g/mol. The van der Waals surface area contributed by atoms with Gasteiger partial charge in [-0.1, -0.05) is 18.5 Å². The number of thiazole rings is 1. The molecule has 1 amide bonds. The molecule has 4 nitrogen and oxygen atoms in total. The Kier molecular flexibility index (Phi) is 4.98. The standard InChI is InChI=1S/C14H16ClN3OS/c1-3-14(19)18-10-4-5-11(15)12(6-10)17-9(2)13-7-16-8-20-13/h4-9,17H,3H2,1-2H3,(H,18,19). The van der Waals surface area contributed by atoms with Crippen molar-refractivity contribution in [1.29, 1.82) is 0 Å². The molecule has 0 spiro atoms. The molecule has 2 N–H and O–H groups in total. The predicted octanol–water partition coefficient (Wildman–Crippen LogP) is 4.32. The molecular formula is C14H16ClN3OS. The van der Waals surface area contributed by atoms with Gasteiger partial charge in [0.05, 0.1) is 22.3 Å². The van der Waals surface area contributed by atoms with Crippen LogP contribution < -0.4 is 10.6 Å². The van der Waals surface area contributed by atoms with E-state index in [9.17, 15) is 4.79 Å². The molecule has 0 aliphatic carbocycles. The van der Waals surface area contributed by atoms with Gasteiger partial charge in [0.1, 0.15) is 0 Å². The van der Waals surface area contributed by atoms with Crippen molar-refractivity contribution in [1.82, 2.24) is 4.98 Å². The summed E-state index contributed by atoms with van der Waals surface area (Å²) >= 11 is 7.77. The summed E-state index contributed by atoms with van der Waals surface area (Å²) in [5.74, 6) is -0.0197. The third kappa shape index (κ3) is 3.71. The lowest BCUT2D eigenvalue weighted by Crippen LogP contribution is -2.10. The predicted molar refractivity (Wildman–Crippen MR) is 84.5 cm³/mol. The van der Waals surface area contributed by atoms with Crippen LogP contribution in [0.5, 0.6) is 0 Å². The summed E-state index contributed by atoms with van der Waals surface area (Å²) in [5.41, 5.74) is 3.33. The van der Waals surface area contributed by atoms with Crippen molar-refractivity contribution in [2.75, 3.05) is 10.6 Å². The molecule has 0 saturated heterocycles. The minimum atomic E-state index is -0.0197. The first kappa shape index (κ1) is 14.8. The lowest BCUT2D eigenvalue weighted by Gasteiger charge is -2.16. The van der Waals surface area contributed by atoms with Gasteiger partial charge < -0.3 is 10.6 Å². The maximum Gasteiger partial charge on any atom is 0.224 e. The Balaban J connectivity index is 2.14. The van der Waals surface area contributed by atoms with Crippen molar-refractivity contribution in [3.63, 3.8) is 0 Å². The number of nitrogens with one attached hydrogen (secondary N) is 2. The van der Waals surface area contributed by atoms with Crippen molar-refractivity contribution in [2.45, 2.75) is 26.3 Å². The maximum absolute atomic E-state index is 11.4. The number of halogens is 1. The fraction of sp³-hybridized carbons (Fsp3) is 0.286. The van der Waals surface area contributed by atoms with Gasteiger partial charge in [-0.2, -0.15) is 0 Å². The average molecular weight is 310 g/mol. The van der Waals surface area contributed by atoms with Gasteiger partial charge in [-0.05, 0) is 25.1 Å². The molecular weight excluding hydrogens is 294 g/mol. The number of hydrogen-bond donors (Lipinski definition) is 2. The number of carbonyl (C=O) groups is 1. The molecule has 0 bridgehead atoms. The lowest BCUT2D eigenvalue weighted by atomic mass is 10.2. The van der Waals surface area contributed by atoms with Gasteiger partial charge >= 0.3 is 0 Å². The van der Waals surface area contributed by atoms with Gasteiger partial charge in [0.2, 0.25) is 5.91 Å². The molecule has 2 aromatic rings. The van der Waals surface area contributed by atoms with E-state index in [1.807, 2.05) is 26.1 Å². The molecule has 1 unspecified atom stereocenters. The number of amides is 1. The highest BCUT2D eigenvalue weighted by Gasteiger charge is 2.10. The van der Waals surface area contributed by atoms with Crippen LogP contribution >= 0.6 is 22.9 Å². The van der Waals surface area contributed by atoms with Crippen LogP contribution in [-0.2, 0) is 4.79 Å². The molecule has 20 heavy (non-hydrogen) atoms. The normalized spacial score (nSPS) is 11.9. The molecule has 1 heterocycles. The molecule has 0 aliphatic rings. The first-order chi connectivity index (χ1) is 9.60. The zero-order valence-electron chi connectivity index (χ0n) is 11.3. The van der Waals surface area contributed by atoms with E-state index in [0.29, 0.717) is 11.4 Å². The van der Waals surface area contributed by atoms with E-state index >= 15 is 0 Å². The minimum Gasteiger partial charge on any atom is -0.376 e. The Hall–Kier alpha value is -1.59. The number of benzene rings is 1. The Morgan fingerprint density at radius 3 is 2.95 bits per heavy atom. The molecule has 6 heteroatoms. The number of aromatic nitrogens is 1. The first-order valence-corrected chi connectivity index (χ1v) is 7.60. The van der Waals surface area contributed by atoms with Gasteiger partial charge in [-0.25, -0.2) is 0 Å². The number of hydrogen-bond acceptors (Lipinski definition) is 4. The topological polar surface area (TPSA) is 54.0 Å². The van der Waals surface area contributed by atoms with Crippen LogP contribution in [0.15, 0.2) is 29.9 Å². The first-order valence-electron chi connectivity index (χ1n) is 6.34. The SMILES string of the molecule is CCC(=O)Nc1ccc(Cl)c(NC(C)c2cncs2)c1. The highest BCUT2D eigenvalue weighted by atomic mass is 35.5. The highest BCUT2D eigenvalue weighted by Crippen LogP contribution is 2.30. The van der Waals surface area contributed by atoms with Gasteiger partial charge in [0.25, 0.3) is 0 Å². The molecule has 0 radical (unpaired) electrons. The fourth-order valence-corrected chi connectivity index (χ4v) is 2.51. The molecule has 1 aromatic heterocycles. The van der Waals surface area contributed by atoms with Gasteiger partial charge in [0, 0.05) is 23.2 Å². The summed E-state index contributed by atoms with van der Waals surface area (Å²) < 4.78 is 0. The quantitative estimate of drug-likeness (QED) is 0.865. The molecule has 106 valence electrons. The van der Waals surface area contributed by atoms with Crippen molar-refractivity contribution < 1.29 is 4.79 Å². The summed E-state index contributed by atoms with van der Waals surface area (Å²) in [6.07, 6.45) is 2.28. The second-order valence-corrected chi connectivity index (χ2v) is 5.69. The van der Waals surface area contributed by atoms with E-state index in [4.69, 9.17) is 11.6 Å². The van der Waals surface area contributed by atoms with Crippen molar-refractivity contribution >= 4 is 40.2 Å². The summed E-state index contributed by atoms with van der Waals surface area (Å²) in [6.45, 7) is 3.86.